The Hall–Kier alpha value is -0.810. The zero-order chi connectivity index (χ0) is 15.6. The molecule has 0 saturated carbocycles. The van der Waals surface area contributed by atoms with E-state index in [9.17, 15) is 8.78 Å². The lowest BCUT2D eigenvalue weighted by Gasteiger charge is -2.27. The normalized spacial score (nSPS) is 19.0. The number of rotatable bonds is 4. The predicted molar refractivity (Wildman–Crippen MR) is 87.1 cm³/mol. The van der Waals surface area contributed by atoms with Crippen molar-refractivity contribution >= 4 is 17.4 Å². The molecule has 0 aromatic heterocycles. The van der Waals surface area contributed by atoms with Crippen LogP contribution in [0.5, 0.6) is 0 Å². The van der Waals surface area contributed by atoms with Crippen LogP contribution < -0.4 is 10.2 Å². The van der Waals surface area contributed by atoms with E-state index in [0.29, 0.717) is 12.1 Å². The Morgan fingerprint density at radius 2 is 1.90 bits per heavy atom. The molecule has 1 aromatic rings. The topological polar surface area (TPSA) is 15.3 Å². The van der Waals surface area contributed by atoms with Crippen LogP contribution >= 0.6 is 11.8 Å². The van der Waals surface area contributed by atoms with Crippen LogP contribution in [-0.4, -0.2) is 30.1 Å². The van der Waals surface area contributed by atoms with Crippen LogP contribution in [0.2, 0.25) is 0 Å². The van der Waals surface area contributed by atoms with Crippen molar-refractivity contribution in [3.63, 3.8) is 0 Å². The third kappa shape index (κ3) is 4.33. The number of nitrogens with zero attached hydrogens (tertiary/aromatic N) is 1. The molecule has 0 aliphatic carbocycles. The third-order valence-electron chi connectivity index (χ3n) is 3.71. The summed E-state index contributed by atoms with van der Waals surface area (Å²) in [5, 5.41) is 3.25. The SMILES string of the molecule is CN(c1c(F)cc(CNC(C)(C)C)cc1F)C1CCSC1. The number of hydrogen-bond donors (Lipinski definition) is 1. The number of thioether (sulfide) groups is 1. The monoisotopic (exact) mass is 314 g/mol. The molecule has 1 aromatic carbocycles. The van der Waals surface area contributed by atoms with E-state index in [1.165, 1.54) is 12.1 Å². The van der Waals surface area contributed by atoms with Crippen molar-refractivity contribution in [2.24, 2.45) is 0 Å². The van der Waals surface area contributed by atoms with Crippen LogP contribution in [0.4, 0.5) is 14.5 Å². The maximum atomic E-state index is 14.3. The summed E-state index contributed by atoms with van der Waals surface area (Å²) in [6.07, 6.45) is 0.980. The van der Waals surface area contributed by atoms with Crippen molar-refractivity contribution in [2.45, 2.75) is 45.3 Å². The smallest absolute Gasteiger partial charge is 0.149 e. The minimum Gasteiger partial charge on any atom is -0.366 e. The van der Waals surface area contributed by atoms with Gasteiger partial charge in [0.2, 0.25) is 0 Å². The molecule has 2 rings (SSSR count). The van der Waals surface area contributed by atoms with Crippen LogP contribution in [-0.2, 0) is 6.54 Å². The molecule has 0 radical (unpaired) electrons. The molecule has 1 aliphatic rings. The van der Waals surface area contributed by atoms with Crippen molar-refractivity contribution in [3.8, 4) is 0 Å². The average molecular weight is 314 g/mol. The van der Waals surface area contributed by atoms with Crippen molar-refractivity contribution in [1.82, 2.24) is 5.32 Å². The molecule has 1 N–H and O–H groups in total. The highest BCUT2D eigenvalue weighted by Crippen LogP contribution is 2.30. The summed E-state index contributed by atoms with van der Waals surface area (Å²) >= 11 is 1.83. The van der Waals surface area contributed by atoms with E-state index in [2.05, 4.69) is 5.32 Å². The largest absolute Gasteiger partial charge is 0.366 e. The van der Waals surface area contributed by atoms with Gasteiger partial charge in [0.1, 0.15) is 17.3 Å². The van der Waals surface area contributed by atoms with Gasteiger partial charge in [0, 0.05) is 30.9 Å². The summed E-state index contributed by atoms with van der Waals surface area (Å²) in [6, 6.07) is 3.10. The quantitative estimate of drug-likeness (QED) is 0.910. The molecule has 1 unspecified atom stereocenters. The number of nitrogens with one attached hydrogen (secondary N) is 1. The highest BCUT2D eigenvalue weighted by atomic mass is 32.2. The number of hydrogen-bond acceptors (Lipinski definition) is 3. The first-order valence-electron chi connectivity index (χ1n) is 7.31. The molecule has 1 fully saturated rings. The van der Waals surface area contributed by atoms with Gasteiger partial charge in [0.15, 0.2) is 0 Å². The highest BCUT2D eigenvalue weighted by molar-refractivity contribution is 7.99. The standard InChI is InChI=1S/C16H24F2N2S/c1-16(2,3)19-9-11-7-13(17)15(14(18)8-11)20(4)12-5-6-21-10-12/h7-8,12,19H,5-6,9-10H2,1-4H3. The van der Waals surface area contributed by atoms with E-state index in [1.807, 2.05) is 32.5 Å². The Morgan fingerprint density at radius 3 is 2.38 bits per heavy atom. The molecule has 21 heavy (non-hydrogen) atoms. The van der Waals surface area contributed by atoms with Gasteiger partial charge in [-0.25, -0.2) is 8.78 Å². The van der Waals surface area contributed by atoms with E-state index in [-0.39, 0.29) is 17.3 Å². The molecule has 1 atom stereocenters. The molecule has 1 heterocycles. The summed E-state index contributed by atoms with van der Waals surface area (Å²) in [4.78, 5) is 1.76. The van der Waals surface area contributed by atoms with Crippen LogP contribution in [0.1, 0.15) is 32.8 Å². The minimum absolute atomic E-state index is 0.0799. The lowest BCUT2D eigenvalue weighted by Crippen LogP contribution is -2.35. The van der Waals surface area contributed by atoms with E-state index in [4.69, 9.17) is 0 Å². The van der Waals surface area contributed by atoms with Crippen molar-refractivity contribution in [3.05, 3.63) is 29.3 Å². The molecule has 0 bridgehead atoms. The van der Waals surface area contributed by atoms with E-state index >= 15 is 0 Å². The predicted octanol–water partition coefficient (Wildman–Crippen LogP) is 3.79. The Morgan fingerprint density at radius 1 is 1.29 bits per heavy atom. The second-order valence-corrected chi connectivity index (χ2v) is 7.79. The molecule has 118 valence electrons. The second-order valence-electron chi connectivity index (χ2n) is 6.64. The van der Waals surface area contributed by atoms with Crippen molar-refractivity contribution in [2.75, 3.05) is 23.5 Å². The zero-order valence-electron chi connectivity index (χ0n) is 13.2. The number of halogens is 2. The molecular formula is C16H24F2N2S. The Labute approximate surface area is 130 Å². The van der Waals surface area contributed by atoms with Gasteiger partial charge >= 0.3 is 0 Å². The summed E-state index contributed by atoms with van der Waals surface area (Å²) in [5.41, 5.74) is 0.656. The van der Waals surface area contributed by atoms with E-state index < -0.39 is 11.6 Å². The van der Waals surface area contributed by atoms with Crippen molar-refractivity contribution in [1.29, 1.82) is 0 Å². The van der Waals surface area contributed by atoms with Gasteiger partial charge < -0.3 is 10.2 Å². The first-order chi connectivity index (χ1) is 9.78. The number of anilines is 1. The Balaban J connectivity index is 2.16. The fourth-order valence-corrected chi connectivity index (χ4v) is 3.70. The molecule has 1 aliphatic heterocycles. The second kappa shape index (κ2) is 6.53. The minimum atomic E-state index is -0.472. The number of benzene rings is 1. The summed E-state index contributed by atoms with van der Waals surface area (Å²) in [7, 11) is 1.78. The highest BCUT2D eigenvalue weighted by Gasteiger charge is 2.25. The zero-order valence-corrected chi connectivity index (χ0v) is 14.0. The van der Waals surface area contributed by atoms with Gasteiger partial charge in [0.05, 0.1) is 0 Å². The van der Waals surface area contributed by atoms with Gasteiger partial charge in [0.25, 0.3) is 0 Å². The van der Waals surface area contributed by atoms with Gasteiger partial charge in [-0.1, -0.05) is 0 Å². The molecule has 1 saturated heterocycles. The molecule has 5 heteroatoms. The maximum Gasteiger partial charge on any atom is 0.149 e. The Kier molecular flexibility index (Phi) is 5.15. The molecule has 2 nitrogen and oxygen atoms in total. The maximum absolute atomic E-state index is 14.3. The summed E-state index contributed by atoms with van der Waals surface area (Å²) in [5.74, 6) is 1.05. The molecular weight excluding hydrogens is 290 g/mol. The van der Waals surface area contributed by atoms with Crippen LogP contribution in [0.25, 0.3) is 0 Å². The average Bonchev–Trinajstić information content (AvgIpc) is 2.88. The lowest BCUT2D eigenvalue weighted by molar-refractivity contribution is 0.422. The summed E-state index contributed by atoms with van der Waals surface area (Å²) < 4.78 is 28.6. The van der Waals surface area contributed by atoms with E-state index in [1.54, 1.807) is 11.9 Å². The van der Waals surface area contributed by atoms with Gasteiger partial charge in [-0.05, 0) is 50.6 Å². The van der Waals surface area contributed by atoms with Crippen LogP contribution in [0.15, 0.2) is 12.1 Å². The molecule has 0 amide bonds. The van der Waals surface area contributed by atoms with Crippen LogP contribution in [0, 0.1) is 11.6 Å². The van der Waals surface area contributed by atoms with Gasteiger partial charge in [-0.2, -0.15) is 11.8 Å². The first-order valence-corrected chi connectivity index (χ1v) is 8.47. The fourth-order valence-electron chi connectivity index (χ4n) is 2.43. The van der Waals surface area contributed by atoms with Gasteiger partial charge in [-0.3, -0.25) is 0 Å². The fraction of sp³-hybridized carbons (Fsp3) is 0.625. The molecule has 0 spiro atoms. The van der Waals surface area contributed by atoms with E-state index in [0.717, 1.165) is 17.9 Å². The third-order valence-corrected chi connectivity index (χ3v) is 4.85. The van der Waals surface area contributed by atoms with Crippen LogP contribution in [0.3, 0.4) is 0 Å². The van der Waals surface area contributed by atoms with Crippen molar-refractivity contribution < 1.29 is 8.78 Å². The Bertz CT molecular complexity index is 471. The lowest BCUT2D eigenvalue weighted by atomic mass is 10.1. The first kappa shape index (κ1) is 16.6. The van der Waals surface area contributed by atoms with Gasteiger partial charge in [-0.15, -0.1) is 0 Å². The summed E-state index contributed by atoms with van der Waals surface area (Å²) in [6.45, 7) is 6.54.